The van der Waals surface area contributed by atoms with Crippen molar-refractivity contribution in [2.45, 2.75) is 69.9 Å². The summed E-state index contributed by atoms with van der Waals surface area (Å²) in [6.45, 7) is 6.40. The number of nitrogen functional groups attached to an aromatic ring is 1. The molecule has 0 radical (unpaired) electrons. The normalized spacial score (nSPS) is 19.2. The maximum absolute atomic E-state index is 16.9. The minimum absolute atomic E-state index is 0.0206. The molecule has 2 saturated heterocycles. The van der Waals surface area contributed by atoms with Crippen LogP contribution in [0, 0.1) is 24.0 Å². The van der Waals surface area contributed by atoms with E-state index in [1.807, 2.05) is 0 Å². The summed E-state index contributed by atoms with van der Waals surface area (Å²) >= 11 is 0. The molecule has 10 heteroatoms. The van der Waals surface area contributed by atoms with Gasteiger partial charge >= 0.3 is 6.01 Å². The van der Waals surface area contributed by atoms with Gasteiger partial charge in [0.2, 0.25) is 0 Å². The Balaban J connectivity index is 1.39. The van der Waals surface area contributed by atoms with Gasteiger partial charge in [-0.3, -0.25) is 4.90 Å². The number of hydrogen-bond donors (Lipinski definition) is 3. The molecule has 3 aliphatic rings. The third kappa shape index (κ3) is 5.32. The zero-order chi connectivity index (χ0) is 31.1. The van der Waals surface area contributed by atoms with Crippen molar-refractivity contribution in [3.05, 3.63) is 47.2 Å². The molecule has 7 rings (SSSR count). The summed E-state index contributed by atoms with van der Waals surface area (Å²) in [5.41, 5.74) is 7.84. The smallest absolute Gasteiger partial charge is 0.319 e. The van der Waals surface area contributed by atoms with Crippen molar-refractivity contribution < 1.29 is 13.5 Å². The Morgan fingerprint density at radius 1 is 1.13 bits per heavy atom. The topological polar surface area (TPSA) is 101 Å². The van der Waals surface area contributed by atoms with Crippen LogP contribution in [-0.4, -0.2) is 64.2 Å². The van der Waals surface area contributed by atoms with Gasteiger partial charge in [0.15, 0.2) is 5.82 Å². The standard InChI is InChI=1S/C35H39F2N7O/c1-3-14-39-19-23-8-5-9-27-29-32(42-34(43-33(29)40-23)45-20-35-12-6-15-44(35)16-7-13-35)30(37)31(41-27)25-18-22(38)17-21-10-11-26(36)24(4-2)28(21)25/h2,10-11,17-18,23,39H,3,5-9,12-16,19-20,38H2,1H3,(H,40,42,43). The number of halogens is 2. The molecule has 8 nitrogen and oxygen atoms in total. The molecule has 1 atom stereocenters. The summed E-state index contributed by atoms with van der Waals surface area (Å²) in [5, 5.41) is 8.62. The Morgan fingerprint density at radius 3 is 2.73 bits per heavy atom. The summed E-state index contributed by atoms with van der Waals surface area (Å²) in [4.78, 5) is 16.9. The van der Waals surface area contributed by atoms with Gasteiger partial charge in [0.1, 0.15) is 29.5 Å². The molecular formula is C35H39F2N7O. The highest BCUT2D eigenvalue weighted by molar-refractivity contribution is 6.04. The average molecular weight is 612 g/mol. The first-order valence-corrected chi connectivity index (χ1v) is 16.1. The lowest BCUT2D eigenvalue weighted by atomic mass is 9.94. The first-order chi connectivity index (χ1) is 21.9. The number of fused-ring (bicyclic) bond motifs is 2. The van der Waals surface area contributed by atoms with Crippen LogP contribution in [0.3, 0.4) is 0 Å². The number of nitrogens with one attached hydrogen (secondary N) is 2. The Bertz CT molecular complexity index is 1810. The fraction of sp³-hybridized carbons (Fsp3) is 0.457. The van der Waals surface area contributed by atoms with Gasteiger partial charge in [-0.15, -0.1) is 6.42 Å². The van der Waals surface area contributed by atoms with E-state index in [-0.39, 0.29) is 34.4 Å². The van der Waals surface area contributed by atoms with Crippen LogP contribution in [0.1, 0.15) is 63.1 Å². The first kappa shape index (κ1) is 29.6. The molecule has 2 aromatic heterocycles. The van der Waals surface area contributed by atoms with Gasteiger partial charge in [0.25, 0.3) is 0 Å². The number of benzene rings is 2. The van der Waals surface area contributed by atoms with Crippen molar-refractivity contribution in [1.29, 1.82) is 0 Å². The lowest BCUT2D eigenvalue weighted by Gasteiger charge is -2.31. The summed E-state index contributed by atoms with van der Waals surface area (Å²) in [6, 6.07) is 6.44. The minimum atomic E-state index is -0.647. The third-order valence-electron chi connectivity index (χ3n) is 9.73. The van der Waals surface area contributed by atoms with E-state index in [1.165, 1.54) is 6.07 Å². The molecule has 0 saturated carbocycles. The van der Waals surface area contributed by atoms with E-state index >= 15 is 4.39 Å². The van der Waals surface area contributed by atoms with Crippen LogP contribution in [-0.2, 0) is 6.42 Å². The zero-order valence-corrected chi connectivity index (χ0v) is 25.7. The molecule has 4 N–H and O–H groups in total. The quantitative estimate of drug-likeness (QED) is 0.130. The molecule has 0 aliphatic carbocycles. The molecule has 0 bridgehead atoms. The van der Waals surface area contributed by atoms with Gasteiger partial charge in [0, 0.05) is 29.2 Å². The van der Waals surface area contributed by atoms with Crippen LogP contribution in [0.15, 0.2) is 24.3 Å². The number of nitrogens with zero attached hydrogens (tertiary/aromatic N) is 4. The zero-order valence-electron chi connectivity index (χ0n) is 25.7. The van der Waals surface area contributed by atoms with Gasteiger partial charge in [-0.2, -0.15) is 9.97 Å². The van der Waals surface area contributed by atoms with E-state index in [1.54, 1.807) is 18.2 Å². The van der Waals surface area contributed by atoms with E-state index in [0.717, 1.165) is 71.1 Å². The van der Waals surface area contributed by atoms with E-state index in [9.17, 15) is 4.39 Å². The fourth-order valence-corrected chi connectivity index (χ4v) is 7.59. The second kappa shape index (κ2) is 12.0. The summed E-state index contributed by atoms with van der Waals surface area (Å²) in [6.07, 6.45) is 13.5. The van der Waals surface area contributed by atoms with E-state index < -0.39 is 11.6 Å². The van der Waals surface area contributed by atoms with E-state index in [4.69, 9.17) is 31.8 Å². The first-order valence-electron chi connectivity index (χ1n) is 16.1. The molecule has 0 spiro atoms. The maximum atomic E-state index is 16.9. The molecule has 45 heavy (non-hydrogen) atoms. The predicted octanol–water partition coefficient (Wildman–Crippen LogP) is 5.81. The highest BCUT2D eigenvalue weighted by Crippen LogP contribution is 2.41. The van der Waals surface area contributed by atoms with Crippen molar-refractivity contribution in [3.63, 3.8) is 0 Å². The molecule has 2 fully saturated rings. The molecule has 5 heterocycles. The fourth-order valence-electron chi connectivity index (χ4n) is 7.59. The van der Waals surface area contributed by atoms with Crippen LogP contribution < -0.4 is 21.1 Å². The van der Waals surface area contributed by atoms with Crippen LogP contribution in [0.2, 0.25) is 0 Å². The predicted molar refractivity (Wildman–Crippen MR) is 174 cm³/mol. The maximum Gasteiger partial charge on any atom is 0.319 e. The van der Waals surface area contributed by atoms with Crippen LogP contribution in [0.4, 0.5) is 20.3 Å². The largest absolute Gasteiger partial charge is 0.461 e. The number of ether oxygens (including phenoxy) is 1. The molecule has 0 amide bonds. The number of pyridine rings is 1. The number of terminal acetylenes is 1. The Morgan fingerprint density at radius 2 is 1.96 bits per heavy atom. The van der Waals surface area contributed by atoms with Crippen LogP contribution in [0.25, 0.3) is 32.9 Å². The van der Waals surface area contributed by atoms with Crippen molar-refractivity contribution in [3.8, 4) is 29.6 Å². The second-order valence-electron chi connectivity index (χ2n) is 12.7. The van der Waals surface area contributed by atoms with Crippen molar-refractivity contribution in [2.75, 3.05) is 43.8 Å². The number of aromatic nitrogens is 3. The SMILES string of the molecule is C#Cc1c(F)ccc2cc(N)cc(-c3nc4c5c(nc(OCC67CCCN6CCC7)nc5c3F)NC(CNCCC)CCC4)c12. The lowest BCUT2D eigenvalue weighted by Crippen LogP contribution is -2.43. The number of nitrogens with two attached hydrogens (primary N) is 1. The second-order valence-corrected chi connectivity index (χ2v) is 12.7. The van der Waals surface area contributed by atoms with E-state index in [0.29, 0.717) is 51.9 Å². The van der Waals surface area contributed by atoms with Gasteiger partial charge in [0.05, 0.1) is 22.2 Å². The summed E-state index contributed by atoms with van der Waals surface area (Å²) in [7, 11) is 0. The van der Waals surface area contributed by atoms with Crippen molar-refractivity contribution >= 4 is 33.2 Å². The molecule has 2 aromatic carbocycles. The molecule has 3 aliphatic heterocycles. The highest BCUT2D eigenvalue weighted by atomic mass is 19.1. The molecular weight excluding hydrogens is 572 g/mol. The number of anilines is 2. The van der Waals surface area contributed by atoms with Gasteiger partial charge < -0.3 is 21.1 Å². The van der Waals surface area contributed by atoms with Crippen molar-refractivity contribution in [2.24, 2.45) is 0 Å². The van der Waals surface area contributed by atoms with Crippen LogP contribution in [0.5, 0.6) is 6.01 Å². The third-order valence-corrected chi connectivity index (χ3v) is 9.73. The average Bonchev–Trinajstić information content (AvgIpc) is 3.61. The van der Waals surface area contributed by atoms with Gasteiger partial charge in [-0.1, -0.05) is 18.9 Å². The summed E-state index contributed by atoms with van der Waals surface area (Å²) in [5.74, 6) is 1.76. The Hall–Kier alpha value is -4.07. The molecule has 4 aromatic rings. The van der Waals surface area contributed by atoms with Gasteiger partial charge in [-0.25, -0.2) is 13.8 Å². The molecule has 1 unspecified atom stereocenters. The number of hydrogen-bond acceptors (Lipinski definition) is 8. The highest BCUT2D eigenvalue weighted by Gasteiger charge is 2.45. The van der Waals surface area contributed by atoms with Crippen LogP contribution >= 0.6 is 0 Å². The van der Waals surface area contributed by atoms with Gasteiger partial charge in [-0.05, 0) is 94.6 Å². The number of rotatable bonds is 8. The Kier molecular flexibility index (Phi) is 7.92. The minimum Gasteiger partial charge on any atom is -0.461 e. The summed E-state index contributed by atoms with van der Waals surface area (Å²) < 4.78 is 38.2. The van der Waals surface area contributed by atoms with E-state index in [2.05, 4.69) is 28.4 Å². The number of aryl methyl sites for hydroxylation is 1. The monoisotopic (exact) mass is 611 g/mol. The molecule has 234 valence electrons. The van der Waals surface area contributed by atoms with Crippen molar-refractivity contribution in [1.82, 2.24) is 25.2 Å². The lowest BCUT2D eigenvalue weighted by molar-refractivity contribution is 0.108. The Labute approximate surface area is 262 Å².